The standard InChI is InChI=1S/C19H27N5O/c1-4-8-15-11-18(22-21-15)19(25)20-12-17-13(2)23-24(14(17)3)16-9-6-5-7-10-16/h5-7,9-10,15,18,21-22H,4,8,11-12H2,1-3H3,(H,20,25). The molecule has 6 heteroatoms. The van der Waals surface area contributed by atoms with Gasteiger partial charge >= 0.3 is 0 Å². The van der Waals surface area contributed by atoms with Crippen LogP contribution in [0.25, 0.3) is 5.69 Å². The highest BCUT2D eigenvalue weighted by Gasteiger charge is 2.28. The average molecular weight is 341 g/mol. The van der Waals surface area contributed by atoms with Crippen LogP contribution in [-0.2, 0) is 11.3 Å². The van der Waals surface area contributed by atoms with E-state index in [2.05, 4.69) is 28.2 Å². The second-order valence-electron chi connectivity index (χ2n) is 6.68. The predicted molar refractivity (Wildman–Crippen MR) is 98.3 cm³/mol. The van der Waals surface area contributed by atoms with Crippen LogP contribution in [0.4, 0.5) is 0 Å². The van der Waals surface area contributed by atoms with Crippen molar-refractivity contribution in [2.75, 3.05) is 0 Å². The number of aryl methyl sites for hydroxylation is 1. The maximum Gasteiger partial charge on any atom is 0.238 e. The van der Waals surface area contributed by atoms with Gasteiger partial charge in [-0.05, 0) is 38.8 Å². The minimum Gasteiger partial charge on any atom is -0.350 e. The monoisotopic (exact) mass is 341 g/mol. The van der Waals surface area contributed by atoms with Gasteiger partial charge in [-0.15, -0.1) is 0 Å². The van der Waals surface area contributed by atoms with Gasteiger partial charge in [-0.2, -0.15) is 5.10 Å². The molecule has 0 radical (unpaired) electrons. The van der Waals surface area contributed by atoms with Crippen LogP contribution >= 0.6 is 0 Å². The Bertz CT molecular complexity index is 725. The Hall–Kier alpha value is -2.18. The van der Waals surface area contributed by atoms with E-state index in [0.717, 1.165) is 41.9 Å². The van der Waals surface area contributed by atoms with Gasteiger partial charge in [0.15, 0.2) is 0 Å². The van der Waals surface area contributed by atoms with E-state index in [-0.39, 0.29) is 11.9 Å². The molecule has 0 aliphatic carbocycles. The number of nitrogens with one attached hydrogen (secondary N) is 3. The predicted octanol–water partition coefficient (Wildman–Crippen LogP) is 2.14. The molecular formula is C19H27N5O. The number of hydrogen-bond acceptors (Lipinski definition) is 4. The number of aromatic nitrogens is 2. The average Bonchev–Trinajstić information content (AvgIpc) is 3.19. The van der Waals surface area contributed by atoms with Crippen LogP contribution < -0.4 is 16.2 Å². The van der Waals surface area contributed by atoms with Gasteiger partial charge in [0, 0.05) is 23.8 Å². The lowest BCUT2D eigenvalue weighted by molar-refractivity contribution is -0.123. The van der Waals surface area contributed by atoms with Crippen LogP contribution in [0.1, 0.15) is 43.1 Å². The van der Waals surface area contributed by atoms with Crippen molar-refractivity contribution in [3.05, 3.63) is 47.3 Å². The van der Waals surface area contributed by atoms with Crippen molar-refractivity contribution in [1.82, 2.24) is 25.9 Å². The topological polar surface area (TPSA) is 71.0 Å². The molecule has 6 nitrogen and oxygen atoms in total. The Morgan fingerprint density at radius 1 is 1.28 bits per heavy atom. The fourth-order valence-electron chi connectivity index (χ4n) is 3.38. The summed E-state index contributed by atoms with van der Waals surface area (Å²) in [5.74, 6) is 0.0392. The number of hydrazine groups is 1. The molecule has 0 spiro atoms. The zero-order chi connectivity index (χ0) is 17.8. The number of amides is 1. The lowest BCUT2D eigenvalue weighted by Gasteiger charge is -2.11. The highest BCUT2D eigenvalue weighted by atomic mass is 16.2. The number of hydrogen-bond donors (Lipinski definition) is 3. The zero-order valence-corrected chi connectivity index (χ0v) is 15.2. The lowest BCUT2D eigenvalue weighted by atomic mass is 10.1. The maximum absolute atomic E-state index is 12.4. The number of benzene rings is 1. The molecule has 2 unspecified atom stereocenters. The van der Waals surface area contributed by atoms with Gasteiger partial charge in [0.2, 0.25) is 5.91 Å². The van der Waals surface area contributed by atoms with Crippen LogP contribution in [0.3, 0.4) is 0 Å². The largest absolute Gasteiger partial charge is 0.350 e. The molecule has 1 saturated heterocycles. The first kappa shape index (κ1) is 17.6. The van der Waals surface area contributed by atoms with E-state index in [1.54, 1.807) is 0 Å². The Balaban J connectivity index is 1.64. The third-order valence-corrected chi connectivity index (χ3v) is 4.82. The van der Waals surface area contributed by atoms with Gasteiger partial charge in [0.1, 0.15) is 6.04 Å². The zero-order valence-electron chi connectivity index (χ0n) is 15.2. The summed E-state index contributed by atoms with van der Waals surface area (Å²) < 4.78 is 1.93. The van der Waals surface area contributed by atoms with E-state index in [4.69, 9.17) is 0 Å². The summed E-state index contributed by atoms with van der Waals surface area (Å²) in [5, 5.41) is 7.68. The van der Waals surface area contributed by atoms with E-state index < -0.39 is 0 Å². The molecule has 2 aromatic rings. The Morgan fingerprint density at radius 2 is 2.04 bits per heavy atom. The lowest BCUT2D eigenvalue weighted by Crippen LogP contribution is -2.43. The molecule has 1 fully saturated rings. The van der Waals surface area contributed by atoms with Crippen LogP contribution in [0.2, 0.25) is 0 Å². The molecule has 2 atom stereocenters. The maximum atomic E-state index is 12.4. The summed E-state index contributed by atoms with van der Waals surface area (Å²) >= 11 is 0. The Kier molecular flexibility index (Phi) is 5.50. The first-order valence-corrected chi connectivity index (χ1v) is 8.99. The SMILES string of the molecule is CCCC1CC(C(=O)NCc2c(C)nn(-c3ccccc3)c2C)NN1. The molecule has 2 heterocycles. The van der Waals surface area contributed by atoms with Crippen LogP contribution in [0.15, 0.2) is 30.3 Å². The van der Waals surface area contributed by atoms with Gasteiger partial charge in [-0.25, -0.2) is 10.1 Å². The van der Waals surface area contributed by atoms with Gasteiger partial charge in [-0.3, -0.25) is 10.2 Å². The summed E-state index contributed by atoms with van der Waals surface area (Å²) in [7, 11) is 0. The van der Waals surface area contributed by atoms with Crippen LogP contribution in [0.5, 0.6) is 0 Å². The van der Waals surface area contributed by atoms with E-state index in [0.29, 0.717) is 12.6 Å². The molecule has 0 bridgehead atoms. The van der Waals surface area contributed by atoms with E-state index in [9.17, 15) is 4.79 Å². The fraction of sp³-hybridized carbons (Fsp3) is 0.474. The Morgan fingerprint density at radius 3 is 2.76 bits per heavy atom. The highest BCUT2D eigenvalue weighted by Crippen LogP contribution is 2.18. The molecule has 25 heavy (non-hydrogen) atoms. The fourth-order valence-corrected chi connectivity index (χ4v) is 3.38. The molecule has 3 N–H and O–H groups in total. The van der Waals surface area contributed by atoms with E-state index in [1.807, 2.05) is 48.9 Å². The number of rotatable bonds is 6. The normalized spacial score (nSPS) is 20.0. The summed E-state index contributed by atoms with van der Waals surface area (Å²) in [4.78, 5) is 12.4. The number of para-hydroxylation sites is 1. The minimum atomic E-state index is -0.165. The van der Waals surface area contributed by atoms with Gasteiger partial charge in [-0.1, -0.05) is 31.5 Å². The molecular weight excluding hydrogens is 314 g/mol. The third kappa shape index (κ3) is 3.91. The van der Waals surface area contributed by atoms with Crippen LogP contribution in [0, 0.1) is 13.8 Å². The summed E-state index contributed by atoms with van der Waals surface area (Å²) in [6.45, 7) is 6.69. The van der Waals surface area contributed by atoms with Gasteiger partial charge in [0.25, 0.3) is 0 Å². The molecule has 1 aromatic carbocycles. The molecule has 1 amide bonds. The second kappa shape index (κ2) is 7.80. The minimum absolute atomic E-state index is 0.0392. The summed E-state index contributed by atoms with van der Waals surface area (Å²) in [6.07, 6.45) is 3.03. The number of carbonyl (C=O) groups excluding carboxylic acids is 1. The van der Waals surface area contributed by atoms with Gasteiger partial charge < -0.3 is 5.32 Å². The van der Waals surface area contributed by atoms with Crippen molar-refractivity contribution in [2.45, 2.75) is 58.7 Å². The van der Waals surface area contributed by atoms with E-state index >= 15 is 0 Å². The molecule has 1 aliphatic heterocycles. The van der Waals surface area contributed by atoms with Crippen molar-refractivity contribution in [3.8, 4) is 5.69 Å². The van der Waals surface area contributed by atoms with Crippen molar-refractivity contribution < 1.29 is 4.79 Å². The third-order valence-electron chi connectivity index (χ3n) is 4.82. The van der Waals surface area contributed by atoms with Crippen molar-refractivity contribution >= 4 is 5.91 Å². The molecule has 0 saturated carbocycles. The van der Waals surface area contributed by atoms with Crippen molar-refractivity contribution in [1.29, 1.82) is 0 Å². The first-order chi connectivity index (χ1) is 12.1. The summed E-state index contributed by atoms with van der Waals surface area (Å²) in [6, 6.07) is 10.3. The quantitative estimate of drug-likeness (QED) is 0.753. The molecule has 1 aliphatic rings. The van der Waals surface area contributed by atoms with Crippen LogP contribution in [-0.4, -0.2) is 27.8 Å². The smallest absolute Gasteiger partial charge is 0.238 e. The van der Waals surface area contributed by atoms with Crippen molar-refractivity contribution in [2.24, 2.45) is 0 Å². The number of nitrogens with zero attached hydrogens (tertiary/aromatic N) is 2. The van der Waals surface area contributed by atoms with E-state index in [1.165, 1.54) is 0 Å². The summed E-state index contributed by atoms with van der Waals surface area (Å²) in [5.41, 5.74) is 10.4. The van der Waals surface area contributed by atoms with Gasteiger partial charge in [0.05, 0.1) is 11.4 Å². The number of carbonyl (C=O) groups is 1. The first-order valence-electron chi connectivity index (χ1n) is 8.99. The molecule has 134 valence electrons. The second-order valence-corrected chi connectivity index (χ2v) is 6.68. The Labute approximate surface area is 149 Å². The molecule has 3 rings (SSSR count). The molecule has 1 aromatic heterocycles. The highest BCUT2D eigenvalue weighted by molar-refractivity contribution is 5.82. The van der Waals surface area contributed by atoms with Crippen molar-refractivity contribution in [3.63, 3.8) is 0 Å².